The second kappa shape index (κ2) is 3.28. The molecule has 0 heterocycles. The fraction of sp³-hybridized carbons (Fsp3) is 0.750. The Hall–Kier alpha value is -0.590. The van der Waals surface area contributed by atoms with Gasteiger partial charge in [-0.05, 0) is 38.0 Å². The topological polar surface area (TPSA) is 17.1 Å². The fourth-order valence-corrected chi connectivity index (χ4v) is 2.80. The molecule has 0 aliphatic heterocycles. The molecule has 0 unspecified atom stereocenters. The SMILES string of the molecule is CC1=C2CC[C@@H](C)[C@@H]2CC(=O)CC1. The van der Waals surface area contributed by atoms with E-state index in [0.717, 1.165) is 25.2 Å². The second-order valence-electron chi connectivity index (χ2n) is 4.67. The fourth-order valence-electron chi connectivity index (χ4n) is 2.80. The molecule has 0 spiro atoms. The summed E-state index contributed by atoms with van der Waals surface area (Å²) in [5, 5.41) is 0. The van der Waals surface area contributed by atoms with E-state index in [9.17, 15) is 4.79 Å². The number of allylic oxidation sites excluding steroid dienone is 2. The van der Waals surface area contributed by atoms with Gasteiger partial charge in [0, 0.05) is 12.8 Å². The van der Waals surface area contributed by atoms with Gasteiger partial charge in [-0.1, -0.05) is 18.1 Å². The Labute approximate surface area is 80.2 Å². The Balaban J connectivity index is 2.28. The quantitative estimate of drug-likeness (QED) is 0.521. The van der Waals surface area contributed by atoms with Gasteiger partial charge in [-0.2, -0.15) is 0 Å². The van der Waals surface area contributed by atoms with Crippen molar-refractivity contribution < 1.29 is 4.79 Å². The third-order valence-electron chi connectivity index (χ3n) is 3.78. The van der Waals surface area contributed by atoms with Crippen molar-refractivity contribution in [3.05, 3.63) is 11.1 Å². The van der Waals surface area contributed by atoms with Crippen molar-refractivity contribution in [1.29, 1.82) is 0 Å². The minimum absolute atomic E-state index is 0.480. The molecule has 0 aromatic rings. The van der Waals surface area contributed by atoms with Gasteiger partial charge >= 0.3 is 0 Å². The van der Waals surface area contributed by atoms with Crippen LogP contribution >= 0.6 is 0 Å². The van der Waals surface area contributed by atoms with Crippen LogP contribution in [-0.4, -0.2) is 5.78 Å². The number of ketones is 1. The van der Waals surface area contributed by atoms with Crippen molar-refractivity contribution in [2.75, 3.05) is 0 Å². The van der Waals surface area contributed by atoms with Gasteiger partial charge in [0.15, 0.2) is 0 Å². The smallest absolute Gasteiger partial charge is 0.133 e. The van der Waals surface area contributed by atoms with E-state index in [2.05, 4.69) is 13.8 Å². The number of fused-ring (bicyclic) bond motifs is 1. The first kappa shape index (κ1) is 8.98. The van der Waals surface area contributed by atoms with Crippen LogP contribution in [0, 0.1) is 11.8 Å². The lowest BCUT2D eigenvalue weighted by Gasteiger charge is -2.15. The number of rotatable bonds is 0. The Morgan fingerprint density at radius 2 is 2.00 bits per heavy atom. The van der Waals surface area contributed by atoms with Gasteiger partial charge in [-0.25, -0.2) is 0 Å². The molecule has 1 nitrogen and oxygen atoms in total. The van der Waals surface area contributed by atoms with Crippen molar-refractivity contribution in [1.82, 2.24) is 0 Å². The molecule has 0 aromatic heterocycles. The van der Waals surface area contributed by atoms with Crippen molar-refractivity contribution in [3.63, 3.8) is 0 Å². The van der Waals surface area contributed by atoms with E-state index in [1.54, 1.807) is 5.57 Å². The summed E-state index contributed by atoms with van der Waals surface area (Å²) in [4.78, 5) is 11.5. The highest BCUT2D eigenvalue weighted by atomic mass is 16.1. The number of hydrogen-bond acceptors (Lipinski definition) is 1. The van der Waals surface area contributed by atoms with Crippen LogP contribution in [0.1, 0.15) is 46.0 Å². The highest BCUT2D eigenvalue weighted by Gasteiger charge is 2.32. The summed E-state index contributed by atoms with van der Waals surface area (Å²) in [5.41, 5.74) is 3.14. The van der Waals surface area contributed by atoms with Gasteiger partial charge in [-0.15, -0.1) is 0 Å². The summed E-state index contributed by atoms with van der Waals surface area (Å²) in [6.45, 7) is 4.52. The van der Waals surface area contributed by atoms with E-state index < -0.39 is 0 Å². The van der Waals surface area contributed by atoms with Crippen LogP contribution in [0.3, 0.4) is 0 Å². The van der Waals surface area contributed by atoms with E-state index in [-0.39, 0.29) is 0 Å². The highest BCUT2D eigenvalue weighted by molar-refractivity contribution is 5.80. The van der Waals surface area contributed by atoms with Gasteiger partial charge < -0.3 is 0 Å². The van der Waals surface area contributed by atoms with Gasteiger partial charge in [0.25, 0.3) is 0 Å². The average Bonchev–Trinajstić information content (AvgIpc) is 2.37. The molecule has 0 N–H and O–H groups in total. The summed E-state index contributed by atoms with van der Waals surface area (Å²) in [6.07, 6.45) is 5.19. The van der Waals surface area contributed by atoms with E-state index in [1.807, 2.05) is 0 Å². The summed E-state index contributed by atoms with van der Waals surface area (Å²) < 4.78 is 0. The molecule has 0 saturated heterocycles. The molecule has 2 aliphatic rings. The number of carbonyl (C=O) groups is 1. The molecular formula is C12H18O. The molecule has 2 rings (SSSR count). The van der Waals surface area contributed by atoms with Gasteiger partial charge in [0.1, 0.15) is 5.78 Å². The van der Waals surface area contributed by atoms with E-state index >= 15 is 0 Å². The first-order valence-electron chi connectivity index (χ1n) is 5.38. The lowest BCUT2D eigenvalue weighted by atomic mass is 9.90. The van der Waals surface area contributed by atoms with Gasteiger partial charge in [0.2, 0.25) is 0 Å². The molecule has 0 bridgehead atoms. The Kier molecular flexibility index (Phi) is 2.27. The first-order valence-corrected chi connectivity index (χ1v) is 5.38. The predicted octanol–water partition coefficient (Wildman–Crippen LogP) is 3.10. The molecule has 2 atom stereocenters. The maximum Gasteiger partial charge on any atom is 0.133 e. The van der Waals surface area contributed by atoms with Crippen molar-refractivity contribution >= 4 is 5.78 Å². The van der Waals surface area contributed by atoms with E-state index in [4.69, 9.17) is 0 Å². The molecule has 0 aromatic carbocycles. The standard InChI is InChI=1S/C12H18O/c1-8-3-5-10(13)7-12-9(2)4-6-11(8)12/h9,12H,3-7H2,1-2H3/t9-,12+/m1/s1. The summed E-state index contributed by atoms with van der Waals surface area (Å²) >= 11 is 0. The van der Waals surface area contributed by atoms with Crippen LogP contribution in [0.15, 0.2) is 11.1 Å². The summed E-state index contributed by atoms with van der Waals surface area (Å²) in [6, 6.07) is 0. The Morgan fingerprint density at radius 1 is 1.23 bits per heavy atom. The summed E-state index contributed by atoms with van der Waals surface area (Å²) in [5.74, 6) is 1.83. The molecule has 1 heteroatoms. The van der Waals surface area contributed by atoms with Crippen LogP contribution in [0.4, 0.5) is 0 Å². The first-order chi connectivity index (χ1) is 6.18. The van der Waals surface area contributed by atoms with Crippen LogP contribution in [0.5, 0.6) is 0 Å². The molecule has 13 heavy (non-hydrogen) atoms. The summed E-state index contributed by atoms with van der Waals surface area (Å²) in [7, 11) is 0. The molecule has 2 aliphatic carbocycles. The van der Waals surface area contributed by atoms with Gasteiger partial charge in [-0.3, -0.25) is 4.79 Å². The van der Waals surface area contributed by atoms with E-state index in [1.165, 1.54) is 18.4 Å². The minimum Gasteiger partial charge on any atom is -0.300 e. The lowest BCUT2D eigenvalue weighted by molar-refractivity contribution is -0.119. The van der Waals surface area contributed by atoms with Gasteiger partial charge in [0.05, 0.1) is 0 Å². The molecular weight excluding hydrogens is 160 g/mol. The molecule has 1 fully saturated rings. The van der Waals surface area contributed by atoms with Crippen molar-refractivity contribution in [3.8, 4) is 0 Å². The number of Topliss-reactive ketones (excluding diaryl/α,β-unsaturated/α-hetero) is 1. The maximum atomic E-state index is 11.5. The van der Waals surface area contributed by atoms with Crippen LogP contribution in [0.2, 0.25) is 0 Å². The van der Waals surface area contributed by atoms with E-state index in [0.29, 0.717) is 11.7 Å². The largest absolute Gasteiger partial charge is 0.300 e. The molecule has 72 valence electrons. The monoisotopic (exact) mass is 178 g/mol. The van der Waals surface area contributed by atoms with Crippen LogP contribution < -0.4 is 0 Å². The zero-order chi connectivity index (χ0) is 9.42. The lowest BCUT2D eigenvalue weighted by Crippen LogP contribution is -2.10. The molecule has 0 amide bonds. The average molecular weight is 178 g/mol. The van der Waals surface area contributed by atoms with Crippen molar-refractivity contribution in [2.24, 2.45) is 11.8 Å². The zero-order valence-corrected chi connectivity index (χ0v) is 8.60. The highest BCUT2D eigenvalue weighted by Crippen LogP contribution is 2.42. The zero-order valence-electron chi connectivity index (χ0n) is 8.60. The second-order valence-corrected chi connectivity index (χ2v) is 4.67. The molecule has 0 radical (unpaired) electrons. The number of hydrogen-bond donors (Lipinski definition) is 0. The third-order valence-corrected chi connectivity index (χ3v) is 3.78. The Morgan fingerprint density at radius 3 is 2.77 bits per heavy atom. The number of carbonyl (C=O) groups excluding carboxylic acids is 1. The maximum absolute atomic E-state index is 11.5. The predicted molar refractivity (Wildman–Crippen MR) is 53.4 cm³/mol. The third kappa shape index (κ3) is 1.56. The Bertz CT molecular complexity index is 262. The van der Waals surface area contributed by atoms with Crippen molar-refractivity contribution in [2.45, 2.75) is 46.0 Å². The van der Waals surface area contributed by atoms with Crippen LogP contribution in [-0.2, 0) is 4.79 Å². The minimum atomic E-state index is 0.480. The molecule has 1 saturated carbocycles. The van der Waals surface area contributed by atoms with Crippen LogP contribution in [0.25, 0.3) is 0 Å². The normalized spacial score (nSPS) is 34.8.